The molecule has 0 aliphatic heterocycles. The number of nitrogens with one attached hydrogen (secondary N) is 1. The molecule has 0 fully saturated rings. The van der Waals surface area contributed by atoms with Gasteiger partial charge in [-0.05, 0) is 19.1 Å². The topological polar surface area (TPSA) is 55.6 Å². The van der Waals surface area contributed by atoms with Crippen molar-refractivity contribution >= 4 is 11.5 Å². The number of nitrogens with zero attached hydrogens (tertiary/aromatic N) is 2. The van der Waals surface area contributed by atoms with E-state index in [1.807, 2.05) is 42.0 Å². The van der Waals surface area contributed by atoms with Gasteiger partial charge in [0, 0.05) is 24.3 Å². The van der Waals surface area contributed by atoms with Gasteiger partial charge in [0.1, 0.15) is 0 Å². The molecule has 0 saturated carbocycles. The molecule has 2 rings (SSSR count). The second-order valence-electron chi connectivity index (χ2n) is 4.26. The van der Waals surface area contributed by atoms with E-state index in [2.05, 4.69) is 15.2 Å². The summed E-state index contributed by atoms with van der Waals surface area (Å²) in [6.45, 7) is 2.65. The summed E-state index contributed by atoms with van der Waals surface area (Å²) in [5.74, 6) is -0.199. The molecule has 18 heavy (non-hydrogen) atoms. The average molecular weight is 247 g/mol. The number of hydrogen-bond donors (Lipinski definition) is 1. The van der Waals surface area contributed by atoms with Crippen molar-refractivity contribution in [3.63, 3.8) is 0 Å². The molecule has 0 aromatic carbocycles. The number of esters is 1. The number of methoxy groups -OCH3 is 1. The van der Waals surface area contributed by atoms with Gasteiger partial charge in [-0.2, -0.15) is 5.10 Å². The smallest absolute Gasteiger partial charge is 0.307 e. The predicted octanol–water partition coefficient (Wildman–Crippen LogP) is 1.38. The zero-order chi connectivity index (χ0) is 13.0. The molecular weight excluding hydrogens is 230 g/mol. The molecule has 0 amide bonds. The summed E-state index contributed by atoms with van der Waals surface area (Å²) in [4.78, 5) is 11.1. The molecule has 2 heterocycles. The zero-order valence-corrected chi connectivity index (χ0v) is 10.6. The second kappa shape index (κ2) is 5.64. The molecule has 5 heteroatoms. The van der Waals surface area contributed by atoms with Gasteiger partial charge in [0.15, 0.2) is 0 Å². The second-order valence-corrected chi connectivity index (χ2v) is 4.26. The van der Waals surface area contributed by atoms with Crippen molar-refractivity contribution in [2.75, 3.05) is 7.11 Å². The van der Waals surface area contributed by atoms with Crippen molar-refractivity contribution < 1.29 is 9.53 Å². The Hall–Kier alpha value is -1.88. The SMILES string of the molecule is COC(=O)CC(C)NCc1cnn2ccccc12. The first kappa shape index (κ1) is 12.6. The Morgan fingerprint density at radius 1 is 1.56 bits per heavy atom. The Balaban J connectivity index is 1.96. The number of pyridine rings is 1. The zero-order valence-electron chi connectivity index (χ0n) is 10.6. The highest BCUT2D eigenvalue weighted by molar-refractivity contribution is 5.69. The normalized spacial score (nSPS) is 12.6. The van der Waals surface area contributed by atoms with Crippen LogP contribution in [-0.4, -0.2) is 28.7 Å². The molecule has 0 spiro atoms. The third kappa shape index (κ3) is 2.87. The fraction of sp³-hybridized carbons (Fsp3) is 0.385. The van der Waals surface area contributed by atoms with Gasteiger partial charge in [-0.15, -0.1) is 0 Å². The number of fused-ring (bicyclic) bond motifs is 1. The maximum Gasteiger partial charge on any atom is 0.307 e. The number of rotatable bonds is 5. The minimum absolute atomic E-state index is 0.0797. The molecular formula is C13H17N3O2. The monoisotopic (exact) mass is 247 g/mol. The first-order valence-corrected chi connectivity index (χ1v) is 5.92. The highest BCUT2D eigenvalue weighted by atomic mass is 16.5. The predicted molar refractivity (Wildman–Crippen MR) is 68.1 cm³/mol. The molecule has 5 nitrogen and oxygen atoms in total. The maximum absolute atomic E-state index is 11.1. The third-order valence-corrected chi connectivity index (χ3v) is 2.85. The number of carbonyl (C=O) groups excluding carboxylic acids is 1. The van der Waals surface area contributed by atoms with Crippen LogP contribution in [0.5, 0.6) is 0 Å². The summed E-state index contributed by atoms with van der Waals surface area (Å²) in [7, 11) is 1.40. The highest BCUT2D eigenvalue weighted by Gasteiger charge is 2.09. The van der Waals surface area contributed by atoms with Crippen LogP contribution in [0.25, 0.3) is 5.52 Å². The van der Waals surface area contributed by atoms with Gasteiger partial charge in [0.2, 0.25) is 0 Å². The van der Waals surface area contributed by atoms with Gasteiger partial charge < -0.3 is 10.1 Å². The molecule has 0 bridgehead atoms. The van der Waals surface area contributed by atoms with Gasteiger partial charge >= 0.3 is 5.97 Å². The Morgan fingerprint density at radius 3 is 3.17 bits per heavy atom. The molecule has 96 valence electrons. The number of aromatic nitrogens is 2. The van der Waals surface area contributed by atoms with E-state index in [1.54, 1.807) is 0 Å². The van der Waals surface area contributed by atoms with Gasteiger partial charge in [0.05, 0.1) is 25.2 Å². The standard InChI is InChI=1S/C13H17N3O2/c1-10(7-13(17)18-2)14-8-11-9-15-16-6-4-3-5-12(11)16/h3-6,9-10,14H,7-8H2,1-2H3. The van der Waals surface area contributed by atoms with Crippen molar-refractivity contribution in [1.82, 2.24) is 14.9 Å². The molecule has 0 saturated heterocycles. The minimum atomic E-state index is -0.199. The van der Waals surface area contributed by atoms with Gasteiger partial charge in [-0.3, -0.25) is 4.79 Å². The van der Waals surface area contributed by atoms with Crippen LogP contribution in [0.4, 0.5) is 0 Å². The quantitative estimate of drug-likeness (QED) is 0.811. The van der Waals surface area contributed by atoms with Crippen LogP contribution in [0.3, 0.4) is 0 Å². The lowest BCUT2D eigenvalue weighted by atomic mass is 10.2. The molecule has 0 aliphatic rings. The Morgan fingerprint density at radius 2 is 2.39 bits per heavy atom. The Kier molecular flexibility index (Phi) is 3.94. The van der Waals surface area contributed by atoms with Crippen LogP contribution in [0.1, 0.15) is 18.9 Å². The first-order chi connectivity index (χ1) is 8.70. The summed E-state index contributed by atoms with van der Waals surface area (Å²) >= 11 is 0. The largest absolute Gasteiger partial charge is 0.469 e. The fourth-order valence-electron chi connectivity index (χ4n) is 1.81. The lowest BCUT2D eigenvalue weighted by Crippen LogP contribution is -2.28. The van der Waals surface area contributed by atoms with E-state index >= 15 is 0 Å². The Bertz CT molecular complexity index is 536. The molecule has 1 unspecified atom stereocenters. The molecule has 1 N–H and O–H groups in total. The van der Waals surface area contributed by atoms with Crippen LogP contribution in [0.15, 0.2) is 30.6 Å². The molecule has 2 aromatic rings. The highest BCUT2D eigenvalue weighted by Crippen LogP contribution is 2.09. The average Bonchev–Trinajstić information content (AvgIpc) is 2.79. The number of hydrogen-bond acceptors (Lipinski definition) is 4. The van der Waals surface area contributed by atoms with Crippen LogP contribution in [-0.2, 0) is 16.1 Å². The van der Waals surface area contributed by atoms with Crippen LogP contribution in [0.2, 0.25) is 0 Å². The molecule has 0 radical (unpaired) electrons. The van der Waals surface area contributed by atoms with E-state index < -0.39 is 0 Å². The maximum atomic E-state index is 11.1. The Labute approximate surface area is 106 Å². The number of ether oxygens (including phenoxy) is 1. The van der Waals surface area contributed by atoms with Crippen molar-refractivity contribution in [3.05, 3.63) is 36.2 Å². The number of carbonyl (C=O) groups is 1. The van der Waals surface area contributed by atoms with Crippen molar-refractivity contribution in [3.8, 4) is 0 Å². The van der Waals surface area contributed by atoms with Crippen LogP contribution in [0, 0.1) is 0 Å². The van der Waals surface area contributed by atoms with Crippen molar-refractivity contribution in [2.24, 2.45) is 0 Å². The van der Waals surface area contributed by atoms with Crippen molar-refractivity contribution in [2.45, 2.75) is 25.9 Å². The molecule has 1 atom stereocenters. The molecule has 0 aliphatic carbocycles. The van der Waals surface area contributed by atoms with E-state index in [0.29, 0.717) is 13.0 Å². The summed E-state index contributed by atoms with van der Waals surface area (Å²) < 4.78 is 6.47. The van der Waals surface area contributed by atoms with Crippen LogP contribution >= 0.6 is 0 Å². The third-order valence-electron chi connectivity index (χ3n) is 2.85. The van der Waals surface area contributed by atoms with Gasteiger partial charge in [-0.1, -0.05) is 6.07 Å². The van der Waals surface area contributed by atoms with E-state index in [1.165, 1.54) is 7.11 Å². The minimum Gasteiger partial charge on any atom is -0.469 e. The van der Waals surface area contributed by atoms with E-state index in [9.17, 15) is 4.79 Å². The lowest BCUT2D eigenvalue weighted by molar-refractivity contribution is -0.141. The van der Waals surface area contributed by atoms with Crippen LogP contribution < -0.4 is 5.32 Å². The van der Waals surface area contributed by atoms with E-state index in [4.69, 9.17) is 0 Å². The first-order valence-electron chi connectivity index (χ1n) is 5.92. The van der Waals surface area contributed by atoms with Gasteiger partial charge in [0.25, 0.3) is 0 Å². The summed E-state index contributed by atoms with van der Waals surface area (Å²) in [6.07, 6.45) is 4.12. The lowest BCUT2D eigenvalue weighted by Gasteiger charge is -2.11. The summed E-state index contributed by atoms with van der Waals surface area (Å²) in [6, 6.07) is 6.03. The van der Waals surface area contributed by atoms with Gasteiger partial charge in [-0.25, -0.2) is 4.52 Å². The van der Waals surface area contributed by atoms with Crippen molar-refractivity contribution in [1.29, 1.82) is 0 Å². The summed E-state index contributed by atoms with van der Waals surface area (Å²) in [5.41, 5.74) is 2.20. The van der Waals surface area contributed by atoms with E-state index in [0.717, 1.165) is 11.1 Å². The fourth-order valence-corrected chi connectivity index (χ4v) is 1.81. The summed E-state index contributed by atoms with van der Waals surface area (Å²) in [5, 5.41) is 7.55. The van der Waals surface area contributed by atoms with E-state index in [-0.39, 0.29) is 12.0 Å². The molecule has 2 aromatic heterocycles.